The first-order chi connectivity index (χ1) is 5.81. The third kappa shape index (κ3) is 1.53. The van der Waals surface area contributed by atoms with Crippen molar-refractivity contribution in [2.45, 2.75) is 12.8 Å². The lowest BCUT2D eigenvalue weighted by atomic mass is 10.4. The van der Waals surface area contributed by atoms with Crippen LogP contribution in [0.1, 0.15) is 12.8 Å². The predicted octanol–water partition coefficient (Wildman–Crippen LogP) is 2.97. The summed E-state index contributed by atoms with van der Waals surface area (Å²) < 4.78 is 0. The Bertz CT molecular complexity index is 252. The summed E-state index contributed by atoms with van der Waals surface area (Å²) in [5.74, 6) is 0. The van der Waals surface area contributed by atoms with Crippen molar-refractivity contribution in [3.05, 3.63) is 30.3 Å². The molecule has 1 aromatic rings. The van der Waals surface area contributed by atoms with Crippen LogP contribution in [-0.2, 0) is 0 Å². The number of thiol groups is 1. The average Bonchev–Trinajstić information content (AvgIpc) is 2.55. The molecule has 1 saturated heterocycles. The number of hydrogen-bond donors (Lipinski definition) is 1. The summed E-state index contributed by atoms with van der Waals surface area (Å²) in [6.07, 6.45) is 5.46. The highest BCUT2D eigenvalue weighted by atomic mass is 32.7. The SMILES string of the molecule is S[P]1(c2ccccc2)CCCC1. The van der Waals surface area contributed by atoms with Gasteiger partial charge in [-0.1, -0.05) is 30.3 Å². The third-order valence-electron chi connectivity index (χ3n) is 2.54. The molecule has 0 spiro atoms. The van der Waals surface area contributed by atoms with E-state index in [1.165, 1.54) is 30.5 Å². The van der Waals surface area contributed by atoms with Crippen LogP contribution in [0.15, 0.2) is 30.3 Å². The quantitative estimate of drug-likeness (QED) is 0.519. The Labute approximate surface area is 79.9 Å². The Morgan fingerprint density at radius 1 is 1.00 bits per heavy atom. The van der Waals surface area contributed by atoms with Crippen LogP contribution in [0.5, 0.6) is 0 Å². The average molecular weight is 197 g/mol. The first kappa shape index (κ1) is 8.59. The Morgan fingerprint density at radius 2 is 1.58 bits per heavy atom. The summed E-state index contributed by atoms with van der Waals surface area (Å²) in [6, 6.07) is 10.8. The largest absolute Gasteiger partial charge is 0.152 e. The van der Waals surface area contributed by atoms with Crippen LogP contribution in [0, 0.1) is 0 Å². The molecule has 0 unspecified atom stereocenters. The van der Waals surface area contributed by atoms with Crippen molar-refractivity contribution in [2.75, 3.05) is 12.3 Å². The molecular formula is C10H14PS. The fourth-order valence-corrected chi connectivity index (χ4v) is 6.03. The normalized spacial score (nSPS) is 21.1. The minimum atomic E-state index is -0.978. The first-order valence-electron chi connectivity index (χ1n) is 4.47. The van der Waals surface area contributed by atoms with Gasteiger partial charge in [-0.3, -0.25) is 0 Å². The van der Waals surface area contributed by atoms with E-state index in [1.807, 2.05) is 0 Å². The van der Waals surface area contributed by atoms with Gasteiger partial charge in [-0.05, 0) is 36.9 Å². The smallest absolute Gasteiger partial charge is 0.0187 e. The molecule has 1 fully saturated rings. The van der Waals surface area contributed by atoms with E-state index in [0.29, 0.717) is 0 Å². The summed E-state index contributed by atoms with van der Waals surface area (Å²) in [5, 5.41) is 1.51. The van der Waals surface area contributed by atoms with Crippen LogP contribution in [0.25, 0.3) is 0 Å². The van der Waals surface area contributed by atoms with Gasteiger partial charge in [0.25, 0.3) is 0 Å². The van der Waals surface area contributed by atoms with Gasteiger partial charge in [0, 0.05) is 0 Å². The van der Waals surface area contributed by atoms with Gasteiger partial charge in [0.1, 0.15) is 0 Å². The molecule has 2 rings (SSSR count). The maximum atomic E-state index is 4.88. The monoisotopic (exact) mass is 197 g/mol. The van der Waals surface area contributed by atoms with E-state index in [-0.39, 0.29) is 0 Å². The molecule has 12 heavy (non-hydrogen) atoms. The Morgan fingerprint density at radius 3 is 2.17 bits per heavy atom. The van der Waals surface area contributed by atoms with E-state index >= 15 is 0 Å². The zero-order valence-corrected chi connectivity index (χ0v) is 8.90. The van der Waals surface area contributed by atoms with Gasteiger partial charge < -0.3 is 0 Å². The summed E-state index contributed by atoms with van der Waals surface area (Å²) in [6.45, 7) is -0.978. The molecule has 0 N–H and O–H groups in total. The van der Waals surface area contributed by atoms with Gasteiger partial charge in [-0.15, -0.1) is 0 Å². The molecule has 0 saturated carbocycles. The Balaban J connectivity index is 2.29. The zero-order chi connectivity index (χ0) is 8.44. The van der Waals surface area contributed by atoms with Crippen LogP contribution in [-0.4, -0.2) is 12.3 Å². The van der Waals surface area contributed by atoms with Crippen LogP contribution in [0.2, 0.25) is 0 Å². The standard InChI is InChI=1S/C10H14PS/c12-11(8-4-5-9-11)10-6-2-1-3-7-10/h1-3,6-7,12H,4-5,8-9H2. The molecule has 1 heterocycles. The highest BCUT2D eigenvalue weighted by molar-refractivity contribution is 8.55. The van der Waals surface area contributed by atoms with Crippen molar-refractivity contribution >= 4 is 24.0 Å². The molecule has 0 aliphatic carbocycles. The van der Waals surface area contributed by atoms with Crippen molar-refractivity contribution in [3.63, 3.8) is 0 Å². The lowest BCUT2D eigenvalue weighted by molar-refractivity contribution is 0.949. The van der Waals surface area contributed by atoms with Crippen LogP contribution < -0.4 is 5.30 Å². The molecule has 1 aliphatic rings. The maximum Gasteiger partial charge on any atom is -0.0187 e. The number of rotatable bonds is 1. The van der Waals surface area contributed by atoms with Crippen molar-refractivity contribution in [1.29, 1.82) is 0 Å². The van der Waals surface area contributed by atoms with Gasteiger partial charge in [-0.2, -0.15) is 12.2 Å². The fourth-order valence-electron chi connectivity index (χ4n) is 1.82. The lowest BCUT2D eigenvalue weighted by Gasteiger charge is -2.25. The molecule has 0 bridgehead atoms. The van der Waals surface area contributed by atoms with Gasteiger partial charge in [-0.25, -0.2) is 0 Å². The molecule has 1 radical (unpaired) electrons. The van der Waals surface area contributed by atoms with Crippen molar-refractivity contribution in [3.8, 4) is 0 Å². The van der Waals surface area contributed by atoms with Gasteiger partial charge in [0.2, 0.25) is 0 Å². The first-order valence-corrected chi connectivity index (χ1v) is 7.78. The number of benzene rings is 1. The van der Waals surface area contributed by atoms with Crippen molar-refractivity contribution in [2.24, 2.45) is 0 Å². The van der Waals surface area contributed by atoms with E-state index in [2.05, 4.69) is 30.3 Å². The third-order valence-corrected chi connectivity index (χ3v) is 7.81. The summed E-state index contributed by atoms with van der Waals surface area (Å²) >= 11 is 4.88. The van der Waals surface area contributed by atoms with E-state index in [0.717, 1.165) is 0 Å². The maximum absolute atomic E-state index is 4.88. The van der Waals surface area contributed by atoms with Gasteiger partial charge >= 0.3 is 0 Å². The molecule has 1 aromatic carbocycles. The van der Waals surface area contributed by atoms with E-state index < -0.39 is 6.46 Å². The Kier molecular flexibility index (Phi) is 2.43. The van der Waals surface area contributed by atoms with Crippen LogP contribution in [0.3, 0.4) is 0 Å². The van der Waals surface area contributed by atoms with Crippen molar-refractivity contribution in [1.82, 2.24) is 0 Å². The van der Waals surface area contributed by atoms with Gasteiger partial charge in [0.15, 0.2) is 0 Å². The minimum Gasteiger partial charge on any atom is -0.152 e. The Hall–Kier alpha value is 0. The van der Waals surface area contributed by atoms with Crippen LogP contribution in [0.4, 0.5) is 0 Å². The zero-order valence-electron chi connectivity index (χ0n) is 7.11. The highest BCUT2D eigenvalue weighted by Crippen LogP contribution is 2.66. The molecule has 0 nitrogen and oxygen atoms in total. The second-order valence-corrected chi connectivity index (χ2v) is 8.97. The molecule has 0 aromatic heterocycles. The molecule has 65 valence electrons. The number of hydrogen-bond acceptors (Lipinski definition) is 1. The van der Waals surface area contributed by atoms with E-state index in [4.69, 9.17) is 12.2 Å². The fraction of sp³-hybridized carbons (Fsp3) is 0.400. The van der Waals surface area contributed by atoms with E-state index in [1.54, 1.807) is 0 Å². The molecule has 0 atom stereocenters. The summed E-state index contributed by atoms with van der Waals surface area (Å²) in [7, 11) is 0. The molecular weight excluding hydrogens is 183 g/mol. The summed E-state index contributed by atoms with van der Waals surface area (Å²) in [4.78, 5) is 0. The second kappa shape index (κ2) is 3.40. The van der Waals surface area contributed by atoms with Gasteiger partial charge in [0.05, 0.1) is 0 Å². The molecule has 2 heteroatoms. The minimum absolute atomic E-state index is 0.978. The van der Waals surface area contributed by atoms with E-state index in [9.17, 15) is 0 Å². The molecule has 0 amide bonds. The predicted molar refractivity (Wildman–Crippen MR) is 61.0 cm³/mol. The lowest BCUT2D eigenvalue weighted by Crippen LogP contribution is -2.07. The summed E-state index contributed by atoms with van der Waals surface area (Å²) in [5.41, 5.74) is 0. The second-order valence-electron chi connectivity index (χ2n) is 3.41. The topological polar surface area (TPSA) is 0 Å². The van der Waals surface area contributed by atoms with Crippen molar-refractivity contribution < 1.29 is 0 Å². The van der Waals surface area contributed by atoms with Crippen LogP contribution >= 0.6 is 18.7 Å². The highest BCUT2D eigenvalue weighted by Gasteiger charge is 2.28. The molecule has 1 aliphatic heterocycles.